The summed E-state index contributed by atoms with van der Waals surface area (Å²) in [6.07, 6.45) is 0. The van der Waals surface area contributed by atoms with Gasteiger partial charge in [-0.15, -0.1) is 0 Å². The molecule has 0 aromatic carbocycles. The van der Waals surface area contributed by atoms with Gasteiger partial charge in [0.15, 0.2) is 0 Å². The third-order valence-corrected chi connectivity index (χ3v) is 5.27. The summed E-state index contributed by atoms with van der Waals surface area (Å²) in [5.41, 5.74) is 3.49. The first-order chi connectivity index (χ1) is 11.4. The standard InChI is InChI=1S/C18H35N5O/c1-14(2)18(22-8-6-21(5)7-9-22)13-19-12-17-15(3)20-23(10-11-24)16(17)4/h14,18-19,24H,6-13H2,1-5H3. The molecule has 1 fully saturated rings. The van der Waals surface area contributed by atoms with Crippen molar-refractivity contribution < 1.29 is 5.11 Å². The lowest BCUT2D eigenvalue weighted by Crippen LogP contribution is -2.53. The van der Waals surface area contributed by atoms with Crippen molar-refractivity contribution in [3.8, 4) is 0 Å². The predicted molar refractivity (Wildman–Crippen MR) is 98.2 cm³/mol. The molecule has 1 aliphatic heterocycles. The first-order valence-corrected chi connectivity index (χ1v) is 9.21. The minimum atomic E-state index is 0.133. The molecule has 0 amide bonds. The Morgan fingerprint density at radius 1 is 1.17 bits per heavy atom. The van der Waals surface area contributed by atoms with E-state index in [4.69, 9.17) is 5.11 Å². The van der Waals surface area contributed by atoms with Gasteiger partial charge in [0.25, 0.3) is 0 Å². The van der Waals surface area contributed by atoms with E-state index in [1.165, 1.54) is 5.56 Å². The van der Waals surface area contributed by atoms with E-state index < -0.39 is 0 Å². The summed E-state index contributed by atoms with van der Waals surface area (Å²) in [7, 11) is 2.20. The minimum Gasteiger partial charge on any atom is -0.394 e. The Morgan fingerprint density at radius 2 is 1.83 bits per heavy atom. The van der Waals surface area contributed by atoms with Gasteiger partial charge >= 0.3 is 0 Å². The molecule has 0 spiro atoms. The molecule has 1 atom stereocenters. The minimum absolute atomic E-state index is 0.133. The molecule has 1 saturated heterocycles. The molecule has 0 bridgehead atoms. The van der Waals surface area contributed by atoms with Gasteiger partial charge in [-0.1, -0.05) is 13.8 Å². The second kappa shape index (κ2) is 8.94. The Bertz CT molecular complexity index is 506. The van der Waals surface area contributed by atoms with E-state index in [1.54, 1.807) is 0 Å². The Kier molecular flexibility index (Phi) is 7.22. The topological polar surface area (TPSA) is 56.6 Å². The number of nitrogens with one attached hydrogen (secondary N) is 1. The van der Waals surface area contributed by atoms with Gasteiger partial charge in [0, 0.05) is 56.6 Å². The zero-order valence-corrected chi connectivity index (χ0v) is 16.0. The number of aliphatic hydroxyl groups excluding tert-OH is 1. The number of likely N-dealkylation sites (N-methyl/N-ethyl adjacent to an activating group) is 1. The number of hydrogen-bond acceptors (Lipinski definition) is 5. The highest BCUT2D eigenvalue weighted by Gasteiger charge is 2.24. The van der Waals surface area contributed by atoms with Crippen LogP contribution in [-0.4, -0.2) is 77.1 Å². The third kappa shape index (κ3) is 4.79. The van der Waals surface area contributed by atoms with Crippen molar-refractivity contribution in [1.29, 1.82) is 0 Å². The van der Waals surface area contributed by atoms with Crippen LogP contribution in [0.3, 0.4) is 0 Å². The van der Waals surface area contributed by atoms with Crippen LogP contribution in [0.4, 0.5) is 0 Å². The quantitative estimate of drug-likeness (QED) is 0.737. The largest absolute Gasteiger partial charge is 0.394 e. The Balaban J connectivity index is 1.91. The smallest absolute Gasteiger partial charge is 0.0644 e. The normalized spacial score (nSPS) is 18.5. The molecule has 6 heteroatoms. The number of rotatable bonds is 8. The second-order valence-electron chi connectivity index (χ2n) is 7.38. The number of aliphatic hydroxyl groups is 1. The molecule has 2 N–H and O–H groups in total. The number of nitrogens with zero attached hydrogens (tertiary/aromatic N) is 4. The summed E-state index contributed by atoms with van der Waals surface area (Å²) in [6.45, 7) is 16.0. The second-order valence-corrected chi connectivity index (χ2v) is 7.38. The number of aromatic nitrogens is 2. The summed E-state index contributed by atoms with van der Waals surface area (Å²) in [4.78, 5) is 5.04. The maximum Gasteiger partial charge on any atom is 0.0644 e. The van der Waals surface area contributed by atoms with Crippen molar-refractivity contribution in [2.45, 2.75) is 46.8 Å². The average molecular weight is 338 g/mol. The highest BCUT2D eigenvalue weighted by Crippen LogP contribution is 2.15. The van der Waals surface area contributed by atoms with E-state index in [-0.39, 0.29) is 6.61 Å². The van der Waals surface area contributed by atoms with Crippen LogP contribution >= 0.6 is 0 Å². The molecule has 1 unspecified atom stereocenters. The van der Waals surface area contributed by atoms with Crippen molar-refractivity contribution >= 4 is 0 Å². The molecule has 24 heavy (non-hydrogen) atoms. The van der Waals surface area contributed by atoms with Gasteiger partial charge in [-0.2, -0.15) is 5.10 Å². The molecule has 1 aromatic heterocycles. The summed E-state index contributed by atoms with van der Waals surface area (Å²) < 4.78 is 1.91. The number of hydrogen-bond donors (Lipinski definition) is 2. The summed E-state index contributed by atoms with van der Waals surface area (Å²) in [5, 5.41) is 17.3. The first kappa shape index (κ1) is 19.4. The molecule has 2 rings (SSSR count). The van der Waals surface area contributed by atoms with Crippen molar-refractivity contribution in [3.05, 3.63) is 17.0 Å². The lowest BCUT2D eigenvalue weighted by atomic mass is 10.0. The summed E-state index contributed by atoms with van der Waals surface area (Å²) >= 11 is 0. The van der Waals surface area contributed by atoms with Crippen LogP contribution in [0.2, 0.25) is 0 Å². The predicted octanol–water partition coefficient (Wildman–Crippen LogP) is 0.854. The Morgan fingerprint density at radius 3 is 2.42 bits per heavy atom. The summed E-state index contributed by atoms with van der Waals surface area (Å²) in [6, 6.07) is 0.576. The molecular weight excluding hydrogens is 302 g/mol. The SMILES string of the molecule is Cc1nn(CCO)c(C)c1CNCC(C(C)C)N1CCN(C)CC1. The van der Waals surface area contributed by atoms with Crippen molar-refractivity contribution in [1.82, 2.24) is 24.9 Å². The van der Waals surface area contributed by atoms with Crippen LogP contribution in [0.15, 0.2) is 0 Å². The van der Waals surface area contributed by atoms with Crippen molar-refractivity contribution in [3.63, 3.8) is 0 Å². The molecule has 1 aliphatic rings. The van der Waals surface area contributed by atoms with Gasteiger partial charge < -0.3 is 15.3 Å². The van der Waals surface area contributed by atoms with Crippen molar-refractivity contribution in [2.75, 3.05) is 46.4 Å². The fraction of sp³-hybridized carbons (Fsp3) is 0.833. The summed E-state index contributed by atoms with van der Waals surface area (Å²) in [5.74, 6) is 0.639. The Labute approximate surface area is 146 Å². The van der Waals surface area contributed by atoms with Crippen LogP contribution in [0.5, 0.6) is 0 Å². The lowest BCUT2D eigenvalue weighted by molar-refractivity contribution is 0.0875. The third-order valence-electron chi connectivity index (χ3n) is 5.27. The average Bonchev–Trinajstić information content (AvgIpc) is 2.80. The Hall–Kier alpha value is -0.950. The van der Waals surface area contributed by atoms with Gasteiger partial charge in [0.2, 0.25) is 0 Å². The molecular formula is C18H35N5O. The van der Waals surface area contributed by atoms with Gasteiger partial charge in [-0.05, 0) is 26.8 Å². The molecule has 2 heterocycles. The molecule has 0 aliphatic carbocycles. The monoisotopic (exact) mass is 337 g/mol. The van der Waals surface area contributed by atoms with Crippen molar-refractivity contribution in [2.24, 2.45) is 5.92 Å². The maximum atomic E-state index is 9.13. The van der Waals surface area contributed by atoms with Crippen LogP contribution < -0.4 is 5.32 Å². The van der Waals surface area contributed by atoms with Gasteiger partial charge in [0.05, 0.1) is 18.8 Å². The van der Waals surface area contributed by atoms with Gasteiger partial charge in [-0.25, -0.2) is 0 Å². The number of piperazine rings is 1. The highest BCUT2D eigenvalue weighted by molar-refractivity contribution is 5.24. The van der Waals surface area contributed by atoms with E-state index in [2.05, 4.69) is 55.0 Å². The van der Waals surface area contributed by atoms with Gasteiger partial charge in [-0.3, -0.25) is 9.58 Å². The van der Waals surface area contributed by atoms with Crippen LogP contribution in [0.1, 0.15) is 30.8 Å². The maximum absolute atomic E-state index is 9.13. The fourth-order valence-corrected chi connectivity index (χ4v) is 3.59. The van der Waals surface area contributed by atoms with Crippen LogP contribution in [-0.2, 0) is 13.1 Å². The zero-order chi connectivity index (χ0) is 17.7. The first-order valence-electron chi connectivity index (χ1n) is 9.21. The fourth-order valence-electron chi connectivity index (χ4n) is 3.59. The molecule has 1 aromatic rings. The van der Waals surface area contributed by atoms with E-state index in [9.17, 15) is 0 Å². The van der Waals surface area contributed by atoms with Gasteiger partial charge in [0.1, 0.15) is 0 Å². The molecule has 138 valence electrons. The number of aryl methyl sites for hydroxylation is 1. The molecule has 0 saturated carbocycles. The van der Waals surface area contributed by atoms with E-state index in [0.717, 1.165) is 50.7 Å². The highest BCUT2D eigenvalue weighted by atomic mass is 16.3. The van der Waals surface area contributed by atoms with E-state index in [0.29, 0.717) is 18.5 Å². The molecule has 0 radical (unpaired) electrons. The lowest BCUT2D eigenvalue weighted by Gasteiger charge is -2.40. The molecule has 6 nitrogen and oxygen atoms in total. The van der Waals surface area contributed by atoms with Crippen LogP contribution in [0.25, 0.3) is 0 Å². The van der Waals surface area contributed by atoms with E-state index in [1.807, 2.05) is 4.68 Å². The van der Waals surface area contributed by atoms with Crippen LogP contribution in [0, 0.1) is 19.8 Å². The zero-order valence-electron chi connectivity index (χ0n) is 16.0. The van der Waals surface area contributed by atoms with E-state index >= 15 is 0 Å².